The van der Waals surface area contributed by atoms with Gasteiger partial charge in [0.25, 0.3) is 0 Å². The van der Waals surface area contributed by atoms with Gasteiger partial charge < -0.3 is 4.74 Å². The average Bonchev–Trinajstić information content (AvgIpc) is 2.41. The van der Waals surface area contributed by atoms with Crippen molar-refractivity contribution in [1.82, 2.24) is 4.98 Å². The van der Waals surface area contributed by atoms with Crippen molar-refractivity contribution in [2.24, 2.45) is 0 Å². The Labute approximate surface area is 110 Å². The Morgan fingerprint density at radius 3 is 2.53 bits per heavy atom. The summed E-state index contributed by atoms with van der Waals surface area (Å²) in [4.78, 5) is 4.11. The summed E-state index contributed by atoms with van der Waals surface area (Å²) >= 11 is 3.38. The summed E-state index contributed by atoms with van der Waals surface area (Å²) in [6, 6.07) is 12.1. The van der Waals surface area contributed by atoms with E-state index in [1.807, 2.05) is 30.5 Å². The minimum absolute atomic E-state index is 0.748. The third-order valence-electron chi connectivity index (χ3n) is 2.40. The van der Waals surface area contributed by atoms with Crippen LogP contribution in [0.1, 0.15) is 6.42 Å². The highest BCUT2D eigenvalue weighted by molar-refractivity contribution is 9.09. The minimum atomic E-state index is 0.748. The van der Waals surface area contributed by atoms with Crippen molar-refractivity contribution in [3.05, 3.63) is 48.8 Å². The van der Waals surface area contributed by atoms with Gasteiger partial charge >= 0.3 is 0 Å². The molecule has 0 spiro atoms. The van der Waals surface area contributed by atoms with Crippen molar-refractivity contribution < 1.29 is 4.74 Å². The molecule has 2 nitrogen and oxygen atoms in total. The van der Waals surface area contributed by atoms with E-state index in [4.69, 9.17) is 4.74 Å². The maximum absolute atomic E-state index is 5.59. The van der Waals surface area contributed by atoms with E-state index in [0.29, 0.717) is 0 Å². The van der Waals surface area contributed by atoms with E-state index in [0.717, 1.165) is 35.2 Å². The van der Waals surface area contributed by atoms with Crippen molar-refractivity contribution in [3.8, 4) is 16.9 Å². The van der Waals surface area contributed by atoms with Crippen LogP contribution in [-0.4, -0.2) is 16.9 Å². The predicted octanol–water partition coefficient (Wildman–Crippen LogP) is 3.91. The molecule has 0 amide bonds. The van der Waals surface area contributed by atoms with Gasteiger partial charge in [0.1, 0.15) is 5.75 Å². The maximum Gasteiger partial charge on any atom is 0.119 e. The van der Waals surface area contributed by atoms with E-state index in [-0.39, 0.29) is 0 Å². The molecule has 88 valence electrons. The van der Waals surface area contributed by atoms with Crippen LogP contribution in [0.25, 0.3) is 11.1 Å². The molecule has 2 aromatic rings. The summed E-state index contributed by atoms with van der Waals surface area (Å²) in [6.45, 7) is 0.748. The lowest BCUT2D eigenvalue weighted by atomic mass is 10.1. The van der Waals surface area contributed by atoms with E-state index in [2.05, 4.69) is 33.0 Å². The van der Waals surface area contributed by atoms with Gasteiger partial charge in [-0.2, -0.15) is 0 Å². The molecule has 0 atom stereocenters. The van der Waals surface area contributed by atoms with Gasteiger partial charge in [-0.3, -0.25) is 4.98 Å². The SMILES string of the molecule is BrCCCOc1ccc(-c2cccnc2)cc1. The highest BCUT2D eigenvalue weighted by Crippen LogP contribution is 2.21. The van der Waals surface area contributed by atoms with Gasteiger partial charge in [0.15, 0.2) is 0 Å². The second-order valence-electron chi connectivity index (χ2n) is 3.66. The van der Waals surface area contributed by atoms with Crippen LogP contribution in [-0.2, 0) is 0 Å². The second-order valence-corrected chi connectivity index (χ2v) is 4.45. The molecule has 0 N–H and O–H groups in total. The molecule has 0 saturated heterocycles. The van der Waals surface area contributed by atoms with Crippen LogP contribution in [0.4, 0.5) is 0 Å². The molecular formula is C14H14BrNO. The fourth-order valence-electron chi connectivity index (χ4n) is 1.52. The normalized spacial score (nSPS) is 10.2. The number of ether oxygens (including phenoxy) is 1. The van der Waals surface area contributed by atoms with Gasteiger partial charge in [0.2, 0.25) is 0 Å². The Morgan fingerprint density at radius 1 is 1.06 bits per heavy atom. The zero-order valence-corrected chi connectivity index (χ0v) is 11.1. The van der Waals surface area contributed by atoms with Gasteiger partial charge in [-0.05, 0) is 35.7 Å². The number of rotatable bonds is 5. The van der Waals surface area contributed by atoms with E-state index in [1.54, 1.807) is 6.20 Å². The first-order valence-corrected chi connectivity index (χ1v) is 6.71. The third kappa shape index (κ3) is 3.56. The van der Waals surface area contributed by atoms with Gasteiger partial charge in [-0.15, -0.1) is 0 Å². The fraction of sp³-hybridized carbons (Fsp3) is 0.214. The molecule has 0 fully saturated rings. The fourth-order valence-corrected chi connectivity index (χ4v) is 1.75. The smallest absolute Gasteiger partial charge is 0.119 e. The lowest BCUT2D eigenvalue weighted by Crippen LogP contribution is -1.97. The van der Waals surface area contributed by atoms with Crippen molar-refractivity contribution in [2.75, 3.05) is 11.9 Å². The third-order valence-corrected chi connectivity index (χ3v) is 2.96. The number of halogens is 1. The van der Waals surface area contributed by atoms with Gasteiger partial charge in [0, 0.05) is 17.7 Å². The first kappa shape index (κ1) is 12.1. The van der Waals surface area contributed by atoms with Gasteiger partial charge in [0.05, 0.1) is 6.61 Å². The number of aromatic nitrogens is 1. The Bertz CT molecular complexity index is 442. The molecule has 1 aromatic carbocycles. The van der Waals surface area contributed by atoms with Crippen LogP contribution in [0, 0.1) is 0 Å². The quantitative estimate of drug-likeness (QED) is 0.615. The molecule has 17 heavy (non-hydrogen) atoms. The standard InChI is InChI=1S/C14H14BrNO/c15-8-2-10-17-14-6-4-12(5-7-14)13-3-1-9-16-11-13/h1,3-7,9,11H,2,8,10H2. The molecule has 0 aliphatic heterocycles. The van der Waals surface area contributed by atoms with Crippen LogP contribution in [0.2, 0.25) is 0 Å². The van der Waals surface area contributed by atoms with Crippen LogP contribution in [0.5, 0.6) is 5.75 Å². The lowest BCUT2D eigenvalue weighted by Gasteiger charge is -2.06. The van der Waals surface area contributed by atoms with Crippen LogP contribution in [0.3, 0.4) is 0 Å². The number of hydrogen-bond donors (Lipinski definition) is 0. The molecule has 0 bridgehead atoms. The van der Waals surface area contributed by atoms with Crippen molar-refractivity contribution in [2.45, 2.75) is 6.42 Å². The summed E-state index contributed by atoms with van der Waals surface area (Å²) < 4.78 is 5.59. The van der Waals surface area contributed by atoms with Crippen molar-refractivity contribution >= 4 is 15.9 Å². The van der Waals surface area contributed by atoms with Crippen LogP contribution >= 0.6 is 15.9 Å². The molecule has 0 radical (unpaired) electrons. The van der Waals surface area contributed by atoms with Crippen molar-refractivity contribution in [3.63, 3.8) is 0 Å². The highest BCUT2D eigenvalue weighted by atomic mass is 79.9. The zero-order valence-electron chi connectivity index (χ0n) is 9.47. The summed E-state index contributed by atoms with van der Waals surface area (Å²) in [5, 5.41) is 0.973. The van der Waals surface area contributed by atoms with E-state index in [9.17, 15) is 0 Å². The summed E-state index contributed by atoms with van der Waals surface area (Å²) in [5.41, 5.74) is 2.28. The van der Waals surface area contributed by atoms with Crippen LogP contribution in [0.15, 0.2) is 48.8 Å². The largest absolute Gasteiger partial charge is 0.494 e. The Balaban J connectivity index is 2.03. The molecule has 3 heteroatoms. The minimum Gasteiger partial charge on any atom is -0.494 e. The number of benzene rings is 1. The average molecular weight is 292 g/mol. The molecule has 0 aliphatic carbocycles. The van der Waals surface area contributed by atoms with Gasteiger partial charge in [-0.25, -0.2) is 0 Å². The summed E-state index contributed by atoms with van der Waals surface area (Å²) in [5.74, 6) is 0.915. The zero-order chi connectivity index (χ0) is 11.9. The van der Waals surface area contributed by atoms with Crippen molar-refractivity contribution in [1.29, 1.82) is 0 Å². The molecule has 0 unspecified atom stereocenters. The number of pyridine rings is 1. The molecule has 0 aliphatic rings. The topological polar surface area (TPSA) is 22.1 Å². The molecule has 1 heterocycles. The Kier molecular flexibility index (Phi) is 4.56. The summed E-state index contributed by atoms with van der Waals surface area (Å²) in [7, 11) is 0. The van der Waals surface area contributed by atoms with E-state index < -0.39 is 0 Å². The summed E-state index contributed by atoms with van der Waals surface area (Å²) in [6.07, 6.45) is 4.66. The number of alkyl halides is 1. The lowest BCUT2D eigenvalue weighted by molar-refractivity contribution is 0.319. The second kappa shape index (κ2) is 6.40. The molecule has 2 rings (SSSR count). The van der Waals surface area contributed by atoms with Gasteiger partial charge in [-0.1, -0.05) is 34.1 Å². The van der Waals surface area contributed by atoms with Crippen LogP contribution < -0.4 is 4.74 Å². The monoisotopic (exact) mass is 291 g/mol. The van der Waals surface area contributed by atoms with E-state index in [1.165, 1.54) is 0 Å². The molecule has 1 aromatic heterocycles. The first-order valence-electron chi connectivity index (χ1n) is 5.59. The molecule has 0 saturated carbocycles. The first-order chi connectivity index (χ1) is 8.40. The predicted molar refractivity (Wildman–Crippen MR) is 73.6 cm³/mol. The number of hydrogen-bond acceptors (Lipinski definition) is 2. The Hall–Kier alpha value is -1.35. The Morgan fingerprint density at radius 2 is 1.88 bits per heavy atom. The van der Waals surface area contributed by atoms with E-state index >= 15 is 0 Å². The molecular weight excluding hydrogens is 278 g/mol. The number of nitrogens with zero attached hydrogens (tertiary/aromatic N) is 1. The maximum atomic E-state index is 5.59. The highest BCUT2D eigenvalue weighted by Gasteiger charge is 1.98.